The highest BCUT2D eigenvalue weighted by Gasteiger charge is 2.10. The molecule has 0 aromatic carbocycles. The Kier molecular flexibility index (Phi) is 4.75. The Hall–Kier alpha value is -1.59. The van der Waals surface area contributed by atoms with Crippen LogP contribution in [-0.2, 0) is 0 Å². The van der Waals surface area contributed by atoms with Crippen molar-refractivity contribution in [2.75, 3.05) is 30.3 Å². The van der Waals surface area contributed by atoms with Crippen molar-refractivity contribution in [1.82, 2.24) is 15.0 Å². The number of aromatic nitrogens is 3. The standard InChI is InChI=1S/C10H19N5O/c1-4-7-15(5-2)9-12-8(11)13-10(14-9)16-6-3/h4-7H2,1-3H3,(H2,11,12,13,14). The van der Waals surface area contributed by atoms with Crippen LogP contribution in [0.1, 0.15) is 27.2 Å². The number of hydrogen-bond acceptors (Lipinski definition) is 6. The number of nitrogens with zero attached hydrogens (tertiary/aromatic N) is 4. The molecule has 0 aliphatic carbocycles. The van der Waals surface area contributed by atoms with E-state index in [2.05, 4.69) is 28.8 Å². The highest BCUT2D eigenvalue weighted by molar-refractivity contribution is 5.35. The maximum Gasteiger partial charge on any atom is 0.323 e. The molecule has 0 fully saturated rings. The molecular formula is C10H19N5O. The Balaban J connectivity index is 2.92. The van der Waals surface area contributed by atoms with E-state index in [9.17, 15) is 0 Å². The van der Waals surface area contributed by atoms with Gasteiger partial charge in [0.15, 0.2) is 0 Å². The van der Waals surface area contributed by atoms with Crippen molar-refractivity contribution in [3.63, 3.8) is 0 Å². The highest BCUT2D eigenvalue weighted by Crippen LogP contribution is 2.13. The van der Waals surface area contributed by atoms with E-state index in [0.717, 1.165) is 19.5 Å². The van der Waals surface area contributed by atoms with Crippen LogP contribution in [0.3, 0.4) is 0 Å². The normalized spacial score (nSPS) is 10.2. The molecule has 1 rings (SSSR count). The van der Waals surface area contributed by atoms with E-state index in [1.54, 1.807) is 0 Å². The average molecular weight is 225 g/mol. The van der Waals surface area contributed by atoms with Crippen LogP contribution < -0.4 is 15.4 Å². The molecule has 0 saturated heterocycles. The third kappa shape index (κ3) is 3.22. The zero-order chi connectivity index (χ0) is 12.0. The fourth-order valence-corrected chi connectivity index (χ4v) is 1.37. The Bertz CT molecular complexity index is 331. The summed E-state index contributed by atoms with van der Waals surface area (Å²) in [6, 6.07) is 0.291. The molecule has 0 radical (unpaired) electrons. The van der Waals surface area contributed by atoms with E-state index in [4.69, 9.17) is 10.5 Å². The second-order valence-corrected chi connectivity index (χ2v) is 3.29. The first-order valence-corrected chi connectivity index (χ1v) is 5.60. The molecule has 0 bridgehead atoms. The molecule has 1 aromatic heterocycles. The van der Waals surface area contributed by atoms with Gasteiger partial charge in [-0.25, -0.2) is 0 Å². The zero-order valence-corrected chi connectivity index (χ0v) is 10.1. The number of nitrogen functional groups attached to an aromatic ring is 1. The molecule has 0 saturated carbocycles. The fraction of sp³-hybridized carbons (Fsp3) is 0.700. The van der Waals surface area contributed by atoms with Crippen molar-refractivity contribution in [1.29, 1.82) is 0 Å². The Labute approximate surface area is 95.9 Å². The second kappa shape index (κ2) is 6.09. The maximum absolute atomic E-state index is 5.61. The van der Waals surface area contributed by atoms with Crippen molar-refractivity contribution < 1.29 is 4.74 Å². The Morgan fingerprint density at radius 2 is 1.94 bits per heavy atom. The van der Waals surface area contributed by atoms with Crippen LogP contribution in [-0.4, -0.2) is 34.6 Å². The van der Waals surface area contributed by atoms with Crippen LogP contribution in [0.4, 0.5) is 11.9 Å². The predicted octanol–water partition coefficient (Wildman–Crippen LogP) is 1.09. The quantitative estimate of drug-likeness (QED) is 0.780. The van der Waals surface area contributed by atoms with Gasteiger partial charge in [0.25, 0.3) is 0 Å². The van der Waals surface area contributed by atoms with E-state index in [0.29, 0.717) is 18.6 Å². The molecule has 0 amide bonds. The molecule has 0 unspecified atom stereocenters. The zero-order valence-electron chi connectivity index (χ0n) is 10.1. The molecule has 6 heteroatoms. The lowest BCUT2D eigenvalue weighted by Gasteiger charge is -2.19. The lowest BCUT2D eigenvalue weighted by molar-refractivity contribution is 0.312. The van der Waals surface area contributed by atoms with Crippen LogP contribution >= 0.6 is 0 Å². The fourth-order valence-electron chi connectivity index (χ4n) is 1.37. The smallest absolute Gasteiger partial charge is 0.323 e. The van der Waals surface area contributed by atoms with E-state index in [1.807, 2.05) is 11.8 Å². The summed E-state index contributed by atoms with van der Waals surface area (Å²) in [5.41, 5.74) is 5.61. The van der Waals surface area contributed by atoms with Gasteiger partial charge in [-0.05, 0) is 20.3 Å². The molecule has 2 N–H and O–H groups in total. The molecule has 0 aliphatic heterocycles. The Morgan fingerprint density at radius 3 is 2.50 bits per heavy atom. The van der Waals surface area contributed by atoms with Gasteiger partial charge in [0, 0.05) is 13.1 Å². The summed E-state index contributed by atoms with van der Waals surface area (Å²) in [5.74, 6) is 0.781. The summed E-state index contributed by atoms with van der Waals surface area (Å²) >= 11 is 0. The first kappa shape index (κ1) is 12.5. The monoisotopic (exact) mass is 225 g/mol. The topological polar surface area (TPSA) is 77.2 Å². The molecule has 0 spiro atoms. The van der Waals surface area contributed by atoms with Crippen LogP contribution in [0.25, 0.3) is 0 Å². The number of hydrogen-bond donors (Lipinski definition) is 1. The molecule has 1 aromatic rings. The largest absolute Gasteiger partial charge is 0.464 e. The van der Waals surface area contributed by atoms with E-state index in [-0.39, 0.29) is 5.95 Å². The lowest BCUT2D eigenvalue weighted by Crippen LogP contribution is -2.26. The van der Waals surface area contributed by atoms with Gasteiger partial charge in [-0.1, -0.05) is 6.92 Å². The minimum absolute atomic E-state index is 0.197. The van der Waals surface area contributed by atoms with Crippen molar-refractivity contribution in [2.45, 2.75) is 27.2 Å². The molecule has 6 nitrogen and oxygen atoms in total. The van der Waals surface area contributed by atoms with E-state index in [1.165, 1.54) is 0 Å². The summed E-state index contributed by atoms with van der Waals surface area (Å²) in [4.78, 5) is 14.3. The number of ether oxygens (including phenoxy) is 1. The molecule has 90 valence electrons. The van der Waals surface area contributed by atoms with Crippen LogP contribution in [0, 0.1) is 0 Å². The van der Waals surface area contributed by atoms with Crippen molar-refractivity contribution in [2.24, 2.45) is 0 Å². The average Bonchev–Trinajstić information content (AvgIpc) is 2.25. The Morgan fingerprint density at radius 1 is 1.19 bits per heavy atom. The summed E-state index contributed by atoms with van der Waals surface area (Å²) in [6.45, 7) is 8.28. The van der Waals surface area contributed by atoms with Gasteiger partial charge in [0.1, 0.15) is 0 Å². The van der Waals surface area contributed by atoms with Gasteiger partial charge in [-0.2, -0.15) is 15.0 Å². The van der Waals surface area contributed by atoms with Crippen molar-refractivity contribution in [3.05, 3.63) is 0 Å². The van der Waals surface area contributed by atoms with Crippen LogP contribution in [0.2, 0.25) is 0 Å². The minimum Gasteiger partial charge on any atom is -0.464 e. The summed E-state index contributed by atoms with van der Waals surface area (Å²) in [5, 5.41) is 0. The maximum atomic E-state index is 5.61. The summed E-state index contributed by atoms with van der Waals surface area (Å²) < 4.78 is 5.23. The van der Waals surface area contributed by atoms with Gasteiger partial charge in [0.05, 0.1) is 6.61 Å². The summed E-state index contributed by atoms with van der Waals surface area (Å²) in [7, 11) is 0. The van der Waals surface area contributed by atoms with Crippen LogP contribution in [0.5, 0.6) is 6.01 Å². The highest BCUT2D eigenvalue weighted by atomic mass is 16.5. The third-order valence-electron chi connectivity index (χ3n) is 2.05. The minimum atomic E-state index is 0.197. The van der Waals surface area contributed by atoms with Gasteiger partial charge in [-0.3, -0.25) is 0 Å². The number of anilines is 2. The van der Waals surface area contributed by atoms with Crippen molar-refractivity contribution >= 4 is 11.9 Å². The SMILES string of the molecule is CCCN(CC)c1nc(N)nc(OCC)n1. The van der Waals surface area contributed by atoms with E-state index < -0.39 is 0 Å². The lowest BCUT2D eigenvalue weighted by atomic mass is 10.4. The molecule has 1 heterocycles. The molecule has 16 heavy (non-hydrogen) atoms. The van der Waals surface area contributed by atoms with Gasteiger partial charge in [0.2, 0.25) is 11.9 Å². The summed E-state index contributed by atoms with van der Waals surface area (Å²) in [6.07, 6.45) is 1.03. The number of nitrogens with two attached hydrogens (primary N) is 1. The van der Waals surface area contributed by atoms with Gasteiger partial charge < -0.3 is 15.4 Å². The second-order valence-electron chi connectivity index (χ2n) is 3.29. The first-order chi connectivity index (χ1) is 7.71. The molecular weight excluding hydrogens is 206 g/mol. The predicted molar refractivity (Wildman–Crippen MR) is 63.6 cm³/mol. The third-order valence-corrected chi connectivity index (χ3v) is 2.05. The molecule has 0 atom stereocenters. The van der Waals surface area contributed by atoms with Crippen molar-refractivity contribution in [3.8, 4) is 6.01 Å². The van der Waals surface area contributed by atoms with Crippen LogP contribution in [0.15, 0.2) is 0 Å². The van der Waals surface area contributed by atoms with E-state index >= 15 is 0 Å². The molecule has 0 aliphatic rings. The van der Waals surface area contributed by atoms with Gasteiger partial charge in [-0.15, -0.1) is 0 Å². The van der Waals surface area contributed by atoms with Gasteiger partial charge >= 0.3 is 6.01 Å². The first-order valence-electron chi connectivity index (χ1n) is 5.60. The number of rotatable bonds is 6.